The molecular weight excluding hydrogens is 237 g/mol. The number of aromatic nitrogens is 1. The minimum atomic E-state index is 0. The molecule has 2 rings (SSSR count). The van der Waals surface area contributed by atoms with E-state index in [2.05, 4.69) is 4.98 Å². The summed E-state index contributed by atoms with van der Waals surface area (Å²) in [7, 11) is 0. The van der Waals surface area contributed by atoms with Crippen LogP contribution < -0.4 is 0 Å². The van der Waals surface area contributed by atoms with Gasteiger partial charge < -0.3 is 5.11 Å². The zero-order valence-electron chi connectivity index (χ0n) is 6.46. The standard InChI is InChI=1S/C9H6ClNO.Cu/c10-7-3-4-8(12)9-6(7)2-1-5-11-9;/h1-5,12H;/q;+1. The van der Waals surface area contributed by atoms with Crippen LogP contribution in [-0.4, -0.2) is 10.1 Å². The van der Waals surface area contributed by atoms with Gasteiger partial charge in [0.25, 0.3) is 0 Å². The molecule has 0 fully saturated rings. The van der Waals surface area contributed by atoms with Crippen molar-refractivity contribution < 1.29 is 22.2 Å². The molecule has 0 atom stereocenters. The molecule has 1 aromatic heterocycles. The van der Waals surface area contributed by atoms with E-state index in [9.17, 15) is 5.11 Å². The van der Waals surface area contributed by atoms with E-state index < -0.39 is 0 Å². The predicted octanol–water partition coefficient (Wildman–Crippen LogP) is 2.59. The zero-order chi connectivity index (χ0) is 8.55. The van der Waals surface area contributed by atoms with Crippen molar-refractivity contribution in [3.63, 3.8) is 0 Å². The van der Waals surface area contributed by atoms with Crippen LogP contribution in [-0.2, 0) is 17.1 Å². The third-order valence-electron chi connectivity index (χ3n) is 1.70. The quantitative estimate of drug-likeness (QED) is 0.721. The van der Waals surface area contributed by atoms with E-state index in [1.54, 1.807) is 18.3 Å². The molecule has 0 aliphatic heterocycles. The van der Waals surface area contributed by atoms with E-state index >= 15 is 0 Å². The number of rotatable bonds is 0. The van der Waals surface area contributed by atoms with Crippen LogP contribution in [0.2, 0.25) is 5.02 Å². The Bertz CT molecular complexity index is 392. The Hall–Kier alpha value is -0.761. The second kappa shape index (κ2) is 3.97. The number of fused-ring (bicyclic) bond motifs is 1. The second-order valence-electron chi connectivity index (χ2n) is 2.47. The predicted molar refractivity (Wildman–Crippen MR) is 48.4 cm³/mol. The smallest absolute Gasteiger partial charge is 0.506 e. The van der Waals surface area contributed by atoms with E-state index in [1.165, 1.54) is 6.07 Å². The van der Waals surface area contributed by atoms with Gasteiger partial charge in [-0.2, -0.15) is 0 Å². The SMILES string of the molecule is Oc1ccc(Cl)c2cccnc12.[Cu+]. The molecule has 2 aromatic rings. The Morgan fingerprint density at radius 2 is 2.00 bits per heavy atom. The molecule has 0 amide bonds. The fourth-order valence-electron chi connectivity index (χ4n) is 1.12. The van der Waals surface area contributed by atoms with Crippen LogP contribution in [0, 0.1) is 0 Å². The fourth-order valence-corrected chi connectivity index (χ4v) is 1.34. The molecular formula is C9H6ClCuNO+. The van der Waals surface area contributed by atoms with Gasteiger partial charge in [0.15, 0.2) is 0 Å². The Kier molecular flexibility index (Phi) is 3.15. The second-order valence-corrected chi connectivity index (χ2v) is 2.87. The molecule has 0 unspecified atom stereocenters. The van der Waals surface area contributed by atoms with E-state index in [1.807, 2.05) is 6.07 Å². The van der Waals surface area contributed by atoms with Crippen LogP contribution >= 0.6 is 11.6 Å². The van der Waals surface area contributed by atoms with E-state index in [0.29, 0.717) is 10.5 Å². The van der Waals surface area contributed by atoms with E-state index in [4.69, 9.17) is 11.6 Å². The number of pyridine rings is 1. The summed E-state index contributed by atoms with van der Waals surface area (Å²) < 4.78 is 0. The summed E-state index contributed by atoms with van der Waals surface area (Å²) >= 11 is 5.88. The van der Waals surface area contributed by atoms with Crippen molar-refractivity contribution in [3.05, 3.63) is 35.5 Å². The molecule has 4 heteroatoms. The molecule has 0 saturated carbocycles. The molecule has 2 nitrogen and oxygen atoms in total. The molecule has 0 radical (unpaired) electrons. The molecule has 13 heavy (non-hydrogen) atoms. The summed E-state index contributed by atoms with van der Waals surface area (Å²) in [6, 6.07) is 6.80. The van der Waals surface area contributed by atoms with Crippen LogP contribution in [0.3, 0.4) is 0 Å². The Morgan fingerprint density at radius 1 is 1.23 bits per heavy atom. The van der Waals surface area contributed by atoms with Gasteiger partial charge in [-0.15, -0.1) is 0 Å². The van der Waals surface area contributed by atoms with Crippen molar-refractivity contribution in [1.82, 2.24) is 4.98 Å². The fraction of sp³-hybridized carbons (Fsp3) is 0. The minimum absolute atomic E-state index is 0. The third kappa shape index (κ3) is 1.78. The van der Waals surface area contributed by atoms with Crippen molar-refractivity contribution >= 4 is 22.5 Å². The van der Waals surface area contributed by atoms with Gasteiger partial charge >= 0.3 is 17.1 Å². The number of aromatic hydroxyl groups is 1. The number of phenolic OH excluding ortho intramolecular Hbond substituents is 1. The van der Waals surface area contributed by atoms with Crippen LogP contribution in [0.1, 0.15) is 0 Å². The van der Waals surface area contributed by atoms with Crippen molar-refractivity contribution in [3.8, 4) is 5.75 Å². The summed E-state index contributed by atoms with van der Waals surface area (Å²) in [5.41, 5.74) is 0.546. The minimum Gasteiger partial charge on any atom is -0.506 e. The van der Waals surface area contributed by atoms with Gasteiger partial charge in [0.2, 0.25) is 0 Å². The maximum Gasteiger partial charge on any atom is 1.00 e. The van der Waals surface area contributed by atoms with E-state index in [-0.39, 0.29) is 22.8 Å². The first-order valence-electron chi connectivity index (χ1n) is 3.51. The van der Waals surface area contributed by atoms with Crippen LogP contribution in [0.25, 0.3) is 10.9 Å². The Morgan fingerprint density at radius 3 is 2.69 bits per heavy atom. The number of benzene rings is 1. The zero-order valence-corrected chi connectivity index (χ0v) is 8.16. The number of hydrogen-bond donors (Lipinski definition) is 1. The molecule has 0 spiro atoms. The first-order valence-corrected chi connectivity index (χ1v) is 3.89. The summed E-state index contributed by atoms with van der Waals surface area (Å²) in [5, 5.41) is 10.8. The number of nitrogens with zero attached hydrogens (tertiary/aromatic N) is 1. The van der Waals surface area contributed by atoms with Crippen LogP contribution in [0.5, 0.6) is 5.75 Å². The molecule has 1 aromatic carbocycles. The van der Waals surface area contributed by atoms with Crippen molar-refractivity contribution in [2.45, 2.75) is 0 Å². The summed E-state index contributed by atoms with van der Waals surface area (Å²) in [6.45, 7) is 0. The van der Waals surface area contributed by atoms with Gasteiger partial charge in [0.05, 0.1) is 5.02 Å². The normalized spacial score (nSPS) is 9.62. The summed E-state index contributed by atoms with van der Waals surface area (Å²) in [5.74, 6) is 0.162. The number of halogens is 1. The third-order valence-corrected chi connectivity index (χ3v) is 2.02. The summed E-state index contributed by atoms with van der Waals surface area (Å²) in [4.78, 5) is 4.01. The molecule has 0 saturated heterocycles. The summed E-state index contributed by atoms with van der Waals surface area (Å²) in [6.07, 6.45) is 1.62. The van der Waals surface area contributed by atoms with Crippen molar-refractivity contribution in [2.75, 3.05) is 0 Å². The molecule has 1 heterocycles. The monoisotopic (exact) mass is 242 g/mol. The molecule has 1 N–H and O–H groups in total. The average Bonchev–Trinajstić information content (AvgIpc) is 2.12. The number of phenols is 1. The topological polar surface area (TPSA) is 33.1 Å². The van der Waals surface area contributed by atoms with Crippen LogP contribution in [0.4, 0.5) is 0 Å². The van der Waals surface area contributed by atoms with Gasteiger partial charge in [-0.1, -0.05) is 11.6 Å². The molecule has 0 bridgehead atoms. The van der Waals surface area contributed by atoms with Gasteiger partial charge in [-0.05, 0) is 24.3 Å². The van der Waals surface area contributed by atoms with Gasteiger partial charge in [-0.25, -0.2) is 0 Å². The van der Waals surface area contributed by atoms with Gasteiger partial charge in [-0.3, -0.25) is 4.98 Å². The van der Waals surface area contributed by atoms with Crippen LogP contribution in [0.15, 0.2) is 30.5 Å². The molecule has 70 valence electrons. The van der Waals surface area contributed by atoms with Crippen molar-refractivity contribution in [2.24, 2.45) is 0 Å². The largest absolute Gasteiger partial charge is 1.00 e. The average molecular weight is 243 g/mol. The maximum atomic E-state index is 9.37. The van der Waals surface area contributed by atoms with Crippen molar-refractivity contribution in [1.29, 1.82) is 0 Å². The van der Waals surface area contributed by atoms with E-state index in [0.717, 1.165) is 5.39 Å². The first-order chi connectivity index (χ1) is 5.79. The molecule has 0 aliphatic carbocycles. The van der Waals surface area contributed by atoms with Gasteiger partial charge in [0, 0.05) is 11.6 Å². The Labute approximate surface area is 91.0 Å². The first kappa shape index (κ1) is 10.3. The maximum absolute atomic E-state index is 9.37. The Balaban J connectivity index is 0.000000845. The molecule has 0 aliphatic rings. The van der Waals surface area contributed by atoms with Gasteiger partial charge in [0.1, 0.15) is 11.3 Å². The number of hydrogen-bond acceptors (Lipinski definition) is 2.